The van der Waals surface area contributed by atoms with Crippen molar-refractivity contribution in [1.29, 1.82) is 0 Å². The minimum atomic E-state index is 0.196. The van der Waals surface area contributed by atoms with Crippen molar-refractivity contribution in [2.24, 2.45) is 11.8 Å². The molecule has 2 rings (SSSR count). The summed E-state index contributed by atoms with van der Waals surface area (Å²) in [6, 6.07) is 5.97. The van der Waals surface area contributed by atoms with Crippen LogP contribution >= 0.6 is 22.6 Å². The summed E-state index contributed by atoms with van der Waals surface area (Å²) < 4.78 is 1.09. The standard InChI is InChI=1S/C15H20INO/c1-10-7-11(2)9-17(8-10)15(18)13-6-4-5-12(3)14(13)16/h4-6,10-11H,7-9H2,1-3H3. The van der Waals surface area contributed by atoms with E-state index in [1.165, 1.54) is 12.0 Å². The fourth-order valence-corrected chi connectivity index (χ4v) is 3.40. The van der Waals surface area contributed by atoms with Crippen LogP contribution in [-0.4, -0.2) is 23.9 Å². The van der Waals surface area contributed by atoms with E-state index in [0.717, 1.165) is 22.2 Å². The van der Waals surface area contributed by atoms with Crippen molar-refractivity contribution in [3.05, 3.63) is 32.9 Å². The van der Waals surface area contributed by atoms with E-state index in [1.807, 2.05) is 17.0 Å². The van der Waals surface area contributed by atoms with Crippen LogP contribution in [0.5, 0.6) is 0 Å². The normalized spacial score (nSPS) is 24.1. The second-order valence-corrected chi connectivity index (χ2v) is 6.67. The first-order chi connectivity index (χ1) is 8.49. The van der Waals surface area contributed by atoms with Crippen LogP contribution in [0.2, 0.25) is 0 Å². The fraction of sp³-hybridized carbons (Fsp3) is 0.533. The van der Waals surface area contributed by atoms with Crippen molar-refractivity contribution in [2.75, 3.05) is 13.1 Å². The first-order valence-electron chi connectivity index (χ1n) is 6.53. The molecule has 1 fully saturated rings. The summed E-state index contributed by atoms with van der Waals surface area (Å²) in [7, 11) is 0. The molecule has 0 N–H and O–H groups in total. The zero-order valence-corrected chi connectivity index (χ0v) is 13.4. The van der Waals surface area contributed by atoms with Crippen molar-refractivity contribution >= 4 is 28.5 Å². The third kappa shape index (κ3) is 2.87. The molecule has 3 heteroatoms. The van der Waals surface area contributed by atoms with Crippen LogP contribution in [0.3, 0.4) is 0 Å². The predicted molar refractivity (Wildman–Crippen MR) is 82.7 cm³/mol. The molecule has 0 bridgehead atoms. The number of benzene rings is 1. The van der Waals surface area contributed by atoms with E-state index in [9.17, 15) is 4.79 Å². The SMILES string of the molecule is Cc1cccc(C(=O)N2CC(C)CC(C)C2)c1I. The van der Waals surface area contributed by atoms with Crippen molar-refractivity contribution in [3.63, 3.8) is 0 Å². The van der Waals surface area contributed by atoms with Gasteiger partial charge in [0.05, 0.1) is 5.56 Å². The van der Waals surface area contributed by atoms with Crippen LogP contribution in [0.15, 0.2) is 18.2 Å². The molecule has 0 radical (unpaired) electrons. The van der Waals surface area contributed by atoms with E-state index in [1.54, 1.807) is 0 Å². The summed E-state index contributed by atoms with van der Waals surface area (Å²) >= 11 is 2.28. The van der Waals surface area contributed by atoms with E-state index < -0.39 is 0 Å². The summed E-state index contributed by atoms with van der Waals surface area (Å²) in [6.45, 7) is 8.31. The number of piperidine rings is 1. The molecular weight excluding hydrogens is 337 g/mol. The van der Waals surface area contributed by atoms with Gasteiger partial charge in [0.15, 0.2) is 0 Å². The van der Waals surface area contributed by atoms with Crippen molar-refractivity contribution in [3.8, 4) is 0 Å². The zero-order chi connectivity index (χ0) is 13.3. The van der Waals surface area contributed by atoms with Gasteiger partial charge >= 0.3 is 0 Å². The number of carbonyl (C=O) groups is 1. The van der Waals surface area contributed by atoms with Crippen LogP contribution < -0.4 is 0 Å². The van der Waals surface area contributed by atoms with E-state index in [4.69, 9.17) is 0 Å². The van der Waals surface area contributed by atoms with Gasteiger partial charge in [-0.3, -0.25) is 4.79 Å². The topological polar surface area (TPSA) is 20.3 Å². The highest BCUT2D eigenvalue weighted by Gasteiger charge is 2.27. The van der Waals surface area contributed by atoms with Gasteiger partial charge in [-0.15, -0.1) is 0 Å². The number of rotatable bonds is 1. The number of amides is 1. The Labute approximate surface area is 123 Å². The van der Waals surface area contributed by atoms with Crippen molar-refractivity contribution in [2.45, 2.75) is 27.2 Å². The molecule has 0 aliphatic carbocycles. The van der Waals surface area contributed by atoms with Gasteiger partial charge in [-0.2, -0.15) is 0 Å². The number of aryl methyl sites for hydroxylation is 1. The van der Waals surface area contributed by atoms with Gasteiger partial charge in [0.25, 0.3) is 5.91 Å². The Bertz CT molecular complexity index is 448. The molecule has 18 heavy (non-hydrogen) atoms. The van der Waals surface area contributed by atoms with E-state index in [-0.39, 0.29) is 5.91 Å². The van der Waals surface area contributed by atoms with Crippen LogP contribution in [0.4, 0.5) is 0 Å². The van der Waals surface area contributed by atoms with Crippen LogP contribution in [0.1, 0.15) is 36.2 Å². The minimum Gasteiger partial charge on any atom is -0.338 e. The molecule has 2 unspecified atom stereocenters. The molecule has 2 nitrogen and oxygen atoms in total. The Balaban J connectivity index is 2.23. The van der Waals surface area contributed by atoms with Crippen molar-refractivity contribution < 1.29 is 4.79 Å². The zero-order valence-electron chi connectivity index (χ0n) is 11.2. The molecule has 1 aliphatic rings. The van der Waals surface area contributed by atoms with E-state index >= 15 is 0 Å². The summed E-state index contributed by atoms with van der Waals surface area (Å²) in [4.78, 5) is 14.6. The highest BCUT2D eigenvalue weighted by molar-refractivity contribution is 14.1. The number of nitrogens with zero attached hydrogens (tertiary/aromatic N) is 1. The third-order valence-electron chi connectivity index (χ3n) is 3.58. The maximum absolute atomic E-state index is 12.6. The first-order valence-corrected chi connectivity index (χ1v) is 7.61. The molecule has 98 valence electrons. The predicted octanol–water partition coefficient (Wildman–Crippen LogP) is 3.72. The number of halogens is 1. The van der Waals surface area contributed by atoms with Crippen LogP contribution in [0.25, 0.3) is 0 Å². The van der Waals surface area contributed by atoms with E-state index in [0.29, 0.717) is 11.8 Å². The number of hydrogen-bond acceptors (Lipinski definition) is 1. The highest BCUT2D eigenvalue weighted by Crippen LogP contribution is 2.24. The molecule has 1 saturated heterocycles. The second-order valence-electron chi connectivity index (χ2n) is 5.59. The number of hydrogen-bond donors (Lipinski definition) is 0. The second kappa shape index (κ2) is 5.59. The van der Waals surface area contributed by atoms with Crippen LogP contribution in [0, 0.1) is 22.3 Å². The maximum Gasteiger partial charge on any atom is 0.254 e. The lowest BCUT2D eigenvalue weighted by atomic mass is 9.91. The first kappa shape index (κ1) is 13.8. The molecule has 1 aromatic rings. The third-order valence-corrected chi connectivity index (χ3v) is 5.01. The average Bonchev–Trinajstić information content (AvgIpc) is 2.30. The highest BCUT2D eigenvalue weighted by atomic mass is 127. The quantitative estimate of drug-likeness (QED) is 0.702. The Morgan fingerprint density at radius 2 is 1.89 bits per heavy atom. The van der Waals surface area contributed by atoms with Gasteiger partial charge in [-0.05, 0) is 59.4 Å². The Hall–Kier alpha value is -0.580. The molecule has 0 saturated carbocycles. The average molecular weight is 357 g/mol. The lowest BCUT2D eigenvalue weighted by Gasteiger charge is -2.35. The molecule has 1 heterocycles. The molecule has 1 amide bonds. The summed E-state index contributed by atoms with van der Waals surface area (Å²) in [5, 5.41) is 0. The van der Waals surface area contributed by atoms with Gasteiger partial charge in [-0.25, -0.2) is 0 Å². The monoisotopic (exact) mass is 357 g/mol. The molecule has 0 aromatic heterocycles. The molecule has 1 aliphatic heterocycles. The summed E-state index contributed by atoms with van der Waals surface area (Å²) in [5.41, 5.74) is 2.04. The van der Waals surface area contributed by atoms with Crippen molar-refractivity contribution in [1.82, 2.24) is 4.90 Å². The molecule has 1 aromatic carbocycles. The number of carbonyl (C=O) groups excluding carboxylic acids is 1. The lowest BCUT2D eigenvalue weighted by molar-refractivity contribution is 0.0622. The fourth-order valence-electron chi connectivity index (χ4n) is 2.81. The molecule has 0 spiro atoms. The smallest absolute Gasteiger partial charge is 0.254 e. The van der Waals surface area contributed by atoms with Gasteiger partial charge in [0, 0.05) is 16.7 Å². The Morgan fingerprint density at radius 3 is 2.50 bits per heavy atom. The Morgan fingerprint density at radius 1 is 1.28 bits per heavy atom. The molecular formula is C15H20INO. The summed E-state index contributed by atoms with van der Waals surface area (Å²) in [6.07, 6.45) is 1.23. The van der Waals surface area contributed by atoms with Gasteiger partial charge < -0.3 is 4.90 Å². The van der Waals surface area contributed by atoms with E-state index in [2.05, 4.69) is 49.4 Å². The molecule has 2 atom stereocenters. The lowest BCUT2D eigenvalue weighted by Crippen LogP contribution is -2.42. The van der Waals surface area contributed by atoms with Crippen LogP contribution in [-0.2, 0) is 0 Å². The van der Waals surface area contributed by atoms with Gasteiger partial charge in [0.1, 0.15) is 0 Å². The van der Waals surface area contributed by atoms with Gasteiger partial charge in [-0.1, -0.05) is 26.0 Å². The largest absolute Gasteiger partial charge is 0.338 e. The summed E-state index contributed by atoms with van der Waals surface area (Å²) in [5.74, 6) is 1.42. The Kier molecular flexibility index (Phi) is 4.30. The van der Waals surface area contributed by atoms with Gasteiger partial charge in [0.2, 0.25) is 0 Å². The maximum atomic E-state index is 12.6. The minimum absolute atomic E-state index is 0.196. The number of likely N-dealkylation sites (tertiary alicyclic amines) is 1.